The molecule has 0 fully saturated rings. The molecule has 4 rings (SSSR count). The Morgan fingerprint density at radius 1 is 1.14 bits per heavy atom. The molecule has 0 atom stereocenters. The lowest BCUT2D eigenvalue weighted by atomic mass is 10.2. The summed E-state index contributed by atoms with van der Waals surface area (Å²) in [7, 11) is 1.62. The number of hydrogen-bond acceptors (Lipinski definition) is 4. The average Bonchev–Trinajstić information content (AvgIpc) is 2.98. The largest absolute Gasteiger partial charge is 0.497 e. The second-order valence-corrected chi connectivity index (χ2v) is 5.38. The number of nitrogens with zero attached hydrogens (tertiary/aromatic N) is 1. The van der Waals surface area contributed by atoms with Crippen molar-refractivity contribution in [1.29, 1.82) is 0 Å². The van der Waals surface area contributed by atoms with E-state index in [1.807, 2.05) is 48.5 Å². The number of rotatable bonds is 2. The van der Waals surface area contributed by atoms with Crippen molar-refractivity contribution in [3.8, 4) is 17.3 Å². The molecule has 0 aliphatic rings. The minimum atomic E-state index is 0.613. The Balaban J connectivity index is 1.96. The van der Waals surface area contributed by atoms with Gasteiger partial charge in [-0.15, -0.1) is 0 Å². The standard InChI is InChI=1S/C17H12N2O2S/c1-20-10-6-7-11-14(8-10)21-15(9-16(11)22)17-18-12-4-2-3-5-13(12)19-17/h2-9H,1H3,(H,18,19). The number of methoxy groups -OCH3 is 1. The van der Waals surface area contributed by atoms with Crippen LogP contribution in [0.5, 0.6) is 5.75 Å². The van der Waals surface area contributed by atoms with Gasteiger partial charge >= 0.3 is 0 Å². The highest BCUT2D eigenvalue weighted by molar-refractivity contribution is 7.71. The molecule has 4 aromatic rings. The van der Waals surface area contributed by atoms with Gasteiger partial charge in [-0.1, -0.05) is 24.4 Å². The van der Waals surface area contributed by atoms with Gasteiger partial charge in [0.2, 0.25) is 0 Å². The van der Waals surface area contributed by atoms with Crippen LogP contribution in [0, 0.1) is 4.51 Å². The first-order valence-electron chi connectivity index (χ1n) is 6.81. The molecule has 0 spiro atoms. The van der Waals surface area contributed by atoms with Crippen LogP contribution in [0.25, 0.3) is 33.6 Å². The van der Waals surface area contributed by atoms with Crippen molar-refractivity contribution in [1.82, 2.24) is 9.97 Å². The molecule has 0 unspecified atom stereocenters. The molecule has 4 nitrogen and oxygen atoms in total. The smallest absolute Gasteiger partial charge is 0.174 e. The van der Waals surface area contributed by atoms with Crippen molar-refractivity contribution in [2.75, 3.05) is 7.11 Å². The zero-order valence-electron chi connectivity index (χ0n) is 11.8. The van der Waals surface area contributed by atoms with Crippen LogP contribution < -0.4 is 4.74 Å². The summed E-state index contributed by atoms with van der Waals surface area (Å²) in [6.07, 6.45) is 0. The van der Waals surface area contributed by atoms with Gasteiger partial charge in [0.1, 0.15) is 11.3 Å². The van der Waals surface area contributed by atoms with Crippen molar-refractivity contribution in [3.63, 3.8) is 0 Å². The lowest BCUT2D eigenvalue weighted by Crippen LogP contribution is -1.85. The molecule has 0 bridgehead atoms. The van der Waals surface area contributed by atoms with E-state index < -0.39 is 0 Å². The fourth-order valence-electron chi connectivity index (χ4n) is 2.45. The van der Waals surface area contributed by atoms with E-state index in [-0.39, 0.29) is 0 Å². The number of aromatic nitrogens is 2. The summed E-state index contributed by atoms with van der Waals surface area (Å²) in [5, 5.41) is 0.885. The van der Waals surface area contributed by atoms with Crippen LogP contribution in [-0.2, 0) is 0 Å². The van der Waals surface area contributed by atoms with Crippen molar-refractivity contribution in [3.05, 3.63) is 53.0 Å². The van der Waals surface area contributed by atoms with Gasteiger partial charge in [0.15, 0.2) is 11.6 Å². The second-order valence-electron chi connectivity index (χ2n) is 4.94. The number of fused-ring (bicyclic) bond motifs is 2. The van der Waals surface area contributed by atoms with Crippen molar-refractivity contribution in [2.45, 2.75) is 0 Å². The van der Waals surface area contributed by atoms with E-state index in [2.05, 4.69) is 9.97 Å². The van der Waals surface area contributed by atoms with Gasteiger partial charge in [-0.3, -0.25) is 0 Å². The van der Waals surface area contributed by atoms with Crippen LogP contribution in [0.1, 0.15) is 0 Å². The molecule has 5 heteroatoms. The maximum atomic E-state index is 5.96. The highest BCUT2D eigenvalue weighted by atomic mass is 32.1. The predicted molar refractivity (Wildman–Crippen MR) is 88.7 cm³/mol. The topological polar surface area (TPSA) is 51.0 Å². The van der Waals surface area contributed by atoms with E-state index >= 15 is 0 Å². The minimum absolute atomic E-state index is 0.613. The maximum absolute atomic E-state index is 5.96. The average molecular weight is 308 g/mol. The first kappa shape index (κ1) is 13.0. The lowest BCUT2D eigenvalue weighted by Gasteiger charge is -2.04. The molecule has 0 saturated heterocycles. The third-order valence-electron chi connectivity index (χ3n) is 3.56. The molecule has 2 aromatic heterocycles. The van der Waals surface area contributed by atoms with Crippen molar-refractivity contribution >= 4 is 34.2 Å². The van der Waals surface area contributed by atoms with Gasteiger partial charge in [-0.05, 0) is 24.3 Å². The molecule has 2 aromatic carbocycles. The molecule has 108 valence electrons. The minimum Gasteiger partial charge on any atom is -0.497 e. The van der Waals surface area contributed by atoms with E-state index in [0.29, 0.717) is 17.2 Å². The first-order chi connectivity index (χ1) is 10.7. The Morgan fingerprint density at radius 2 is 2.00 bits per heavy atom. The highest BCUT2D eigenvalue weighted by Crippen LogP contribution is 2.28. The Bertz CT molecular complexity index is 1020. The number of aromatic amines is 1. The molecule has 22 heavy (non-hydrogen) atoms. The summed E-state index contributed by atoms with van der Waals surface area (Å²) in [4.78, 5) is 7.80. The maximum Gasteiger partial charge on any atom is 0.174 e. The van der Waals surface area contributed by atoms with Crippen LogP contribution in [0.15, 0.2) is 52.9 Å². The molecule has 0 radical (unpaired) electrons. The third kappa shape index (κ3) is 2.07. The Kier molecular flexibility index (Phi) is 2.94. The van der Waals surface area contributed by atoms with Gasteiger partial charge in [-0.25, -0.2) is 4.98 Å². The number of ether oxygens (including phenoxy) is 1. The summed E-state index contributed by atoms with van der Waals surface area (Å²) < 4.78 is 11.9. The summed E-state index contributed by atoms with van der Waals surface area (Å²) >= 11 is 5.46. The van der Waals surface area contributed by atoms with Gasteiger partial charge in [0, 0.05) is 17.5 Å². The number of imidazole rings is 1. The van der Waals surface area contributed by atoms with Gasteiger partial charge < -0.3 is 14.1 Å². The van der Waals surface area contributed by atoms with E-state index in [0.717, 1.165) is 26.7 Å². The molecule has 0 aliphatic heterocycles. The zero-order chi connectivity index (χ0) is 15.1. The molecule has 1 N–H and O–H groups in total. The monoisotopic (exact) mass is 308 g/mol. The van der Waals surface area contributed by atoms with Gasteiger partial charge in [0.25, 0.3) is 0 Å². The Labute approximate surface area is 131 Å². The first-order valence-corrected chi connectivity index (χ1v) is 7.22. The van der Waals surface area contributed by atoms with Gasteiger partial charge in [-0.2, -0.15) is 0 Å². The van der Waals surface area contributed by atoms with Gasteiger partial charge in [0.05, 0.1) is 22.7 Å². The normalized spacial score (nSPS) is 11.1. The Morgan fingerprint density at radius 3 is 2.82 bits per heavy atom. The fourth-order valence-corrected chi connectivity index (χ4v) is 2.72. The Hall–Kier alpha value is -2.66. The lowest BCUT2D eigenvalue weighted by molar-refractivity contribution is 0.414. The van der Waals surface area contributed by atoms with Crippen LogP contribution >= 0.6 is 12.2 Å². The molecule has 0 aliphatic carbocycles. The van der Waals surface area contributed by atoms with Crippen molar-refractivity contribution in [2.24, 2.45) is 0 Å². The number of benzene rings is 2. The number of hydrogen-bond donors (Lipinski definition) is 1. The number of H-pyrrole nitrogens is 1. The number of para-hydroxylation sites is 2. The molecule has 0 amide bonds. The van der Waals surface area contributed by atoms with E-state index in [4.69, 9.17) is 21.4 Å². The molecular weight excluding hydrogens is 296 g/mol. The fraction of sp³-hybridized carbons (Fsp3) is 0.0588. The summed E-state index contributed by atoms with van der Waals surface area (Å²) in [5.41, 5.74) is 2.54. The van der Waals surface area contributed by atoms with E-state index in [1.165, 1.54) is 0 Å². The predicted octanol–water partition coefficient (Wildman–Crippen LogP) is 4.71. The third-order valence-corrected chi connectivity index (χ3v) is 3.90. The second kappa shape index (κ2) is 4.96. The summed E-state index contributed by atoms with van der Waals surface area (Å²) in [5.74, 6) is 2.01. The quantitative estimate of drug-likeness (QED) is 0.545. The highest BCUT2D eigenvalue weighted by Gasteiger charge is 2.10. The van der Waals surface area contributed by atoms with Crippen LogP contribution in [-0.4, -0.2) is 17.1 Å². The molecule has 2 heterocycles. The number of nitrogens with one attached hydrogen (secondary N) is 1. The molecular formula is C17H12N2O2S. The molecule has 0 saturated carbocycles. The van der Waals surface area contributed by atoms with Crippen LogP contribution in [0.4, 0.5) is 0 Å². The zero-order valence-corrected chi connectivity index (χ0v) is 12.6. The summed E-state index contributed by atoms with van der Waals surface area (Å²) in [6, 6.07) is 15.3. The van der Waals surface area contributed by atoms with E-state index in [9.17, 15) is 0 Å². The SMILES string of the molecule is COc1ccc2c(=S)cc(-c3nc4ccccc4[nH]3)oc2c1. The van der Waals surface area contributed by atoms with Crippen LogP contribution in [0.3, 0.4) is 0 Å². The van der Waals surface area contributed by atoms with Crippen LogP contribution in [0.2, 0.25) is 0 Å². The van der Waals surface area contributed by atoms with E-state index in [1.54, 1.807) is 7.11 Å². The van der Waals surface area contributed by atoms with Crippen molar-refractivity contribution < 1.29 is 9.15 Å². The summed E-state index contributed by atoms with van der Waals surface area (Å²) in [6.45, 7) is 0.